The molecule has 4 aliphatic carbocycles. The first-order chi connectivity index (χ1) is 24.4. The number of hydrogen-bond donors (Lipinski definition) is 6. The quantitative estimate of drug-likeness (QED) is 0.0478. The van der Waals surface area contributed by atoms with Gasteiger partial charge in [-0.25, -0.2) is 0 Å². The first kappa shape index (κ1) is 49.5. The predicted molar refractivity (Wildman–Crippen MR) is 211 cm³/mol. The highest BCUT2D eigenvalue weighted by Crippen LogP contribution is 2.68. The minimum atomic E-state index is -0.321. The van der Waals surface area contributed by atoms with Gasteiger partial charge in [-0.15, -0.1) is 12.3 Å². The number of hydrogen-bond acceptors (Lipinski definition) is 10. The number of rotatable bonds is 13. The number of allylic oxidation sites excluding steroid dienone is 2. The van der Waals surface area contributed by atoms with Crippen molar-refractivity contribution in [1.82, 2.24) is 10.6 Å². The van der Waals surface area contributed by atoms with Crippen LogP contribution in [0.1, 0.15) is 106 Å². The van der Waals surface area contributed by atoms with Crippen molar-refractivity contribution < 1.29 is 33.8 Å². The molecule has 11 heteroatoms. The van der Waals surface area contributed by atoms with Crippen molar-refractivity contribution in [2.75, 3.05) is 40.2 Å². The van der Waals surface area contributed by atoms with Gasteiger partial charge < -0.3 is 35.3 Å². The Kier molecular flexibility index (Phi) is 26.4. The summed E-state index contributed by atoms with van der Waals surface area (Å²) in [5.41, 5.74) is 5.02. The minimum absolute atomic E-state index is 0.0903. The molecule has 0 spiro atoms. The number of terminal acetylenes is 1. The van der Waals surface area contributed by atoms with E-state index in [2.05, 4.69) is 42.1 Å². The van der Waals surface area contributed by atoms with E-state index in [1.54, 1.807) is 20.2 Å². The molecule has 0 aromatic rings. The average molecular weight is 742 g/mol. The molecule has 0 saturated heterocycles. The molecule has 4 fully saturated rings. The summed E-state index contributed by atoms with van der Waals surface area (Å²) in [6.07, 6.45) is 19.9. The molecule has 0 aliphatic heterocycles. The van der Waals surface area contributed by atoms with Gasteiger partial charge in [-0.3, -0.25) is 14.9 Å². The van der Waals surface area contributed by atoms with E-state index in [1.165, 1.54) is 12.0 Å². The summed E-state index contributed by atoms with van der Waals surface area (Å²) < 4.78 is 9.32. The number of aldehydes is 1. The van der Waals surface area contributed by atoms with Crippen LogP contribution in [0.15, 0.2) is 12.2 Å². The van der Waals surface area contributed by atoms with Gasteiger partial charge in [-0.1, -0.05) is 40.7 Å². The van der Waals surface area contributed by atoms with E-state index in [0.717, 1.165) is 70.7 Å². The molecule has 4 saturated carbocycles. The maximum atomic E-state index is 11.6. The molecule has 0 aromatic heterocycles. The predicted octanol–water partition coefficient (Wildman–Crippen LogP) is 5.34. The van der Waals surface area contributed by atoms with Crippen molar-refractivity contribution in [2.24, 2.45) is 52.1 Å². The third-order valence-corrected chi connectivity index (χ3v) is 12.5. The monoisotopic (exact) mass is 742 g/mol. The van der Waals surface area contributed by atoms with Gasteiger partial charge in [0.25, 0.3) is 0 Å². The van der Waals surface area contributed by atoms with E-state index in [-0.39, 0.29) is 41.2 Å². The summed E-state index contributed by atoms with van der Waals surface area (Å²) in [6, 6.07) is 0. The zero-order valence-electron chi connectivity index (χ0n) is 33.3. The number of carbonyl (C=O) groups excluding carboxylic acids is 2. The second-order valence-electron chi connectivity index (χ2n) is 14.5. The van der Waals surface area contributed by atoms with Crippen molar-refractivity contribution in [3.8, 4) is 12.3 Å². The van der Waals surface area contributed by atoms with Gasteiger partial charge in [0.15, 0.2) is 0 Å². The number of methoxy groups -OCH3 is 1. The summed E-state index contributed by atoms with van der Waals surface area (Å²) in [5, 5.41) is 38.4. The topological polar surface area (TPSA) is 163 Å². The van der Waals surface area contributed by atoms with Crippen LogP contribution in [0.25, 0.3) is 0 Å². The van der Waals surface area contributed by atoms with Crippen molar-refractivity contribution in [2.45, 2.75) is 130 Å². The average Bonchev–Trinajstić information content (AvgIpc) is 3.48. The molecule has 51 heavy (non-hydrogen) atoms. The molecule has 1 amide bonds. The molecule has 4 aliphatic rings. The summed E-state index contributed by atoms with van der Waals surface area (Å²) in [7, 11) is 3.37. The molecule has 298 valence electrons. The van der Waals surface area contributed by atoms with Crippen LogP contribution in [-0.2, 0) is 18.5 Å². The molecular weight excluding hydrogens is 667 g/mol. The van der Waals surface area contributed by atoms with Gasteiger partial charge in [0, 0.05) is 26.3 Å². The molecule has 0 radical (unpaired) electrons. The second kappa shape index (κ2) is 27.1. The lowest BCUT2D eigenvalue weighted by molar-refractivity contribution is -0.207. The van der Waals surface area contributed by atoms with Crippen LogP contribution in [0.3, 0.4) is 0 Å². The van der Waals surface area contributed by atoms with Crippen molar-refractivity contribution in [3.05, 3.63) is 12.2 Å². The number of nitrogens with one attached hydrogen (secondary N) is 2. The Morgan fingerprint density at radius 2 is 1.78 bits per heavy atom. The fourth-order valence-electron chi connectivity index (χ4n) is 9.52. The Labute approximate surface area is 315 Å². The molecule has 7 N–H and O–H groups in total. The molecule has 12 atom stereocenters. The van der Waals surface area contributed by atoms with Crippen LogP contribution in [0, 0.1) is 58.7 Å². The fourth-order valence-corrected chi connectivity index (χ4v) is 9.76. The lowest BCUT2D eigenvalue weighted by Gasteiger charge is -2.63. The molecular formula is C40H75N3O7S. The zero-order valence-corrected chi connectivity index (χ0v) is 34.1. The standard InChI is InChI=1S/C26H42O4.C6H10N2O.C3H9NO.C3H8OS.C2H6/c1-16(7-5-4-6-12-27)19-8-9-20-24-21(15-23(30)26(19,20)3)25(2)11-10-18(28)13-17(25)14-22(24)29;1-3-4-6(7-2)8-5-9;1-5-3-2-4;1-3-4-5-2;1-2/h4,6,12,16-24,28-30H,5,7-11,13-15H2,1-3H3;1,5-7H,4H2,2H3,(H,8,9);2-4H2,1H3;3H2,1-2H3;1-2H3/b6-4+;;;;. The minimum Gasteiger partial charge on any atom is -0.393 e. The zero-order chi connectivity index (χ0) is 39.0. The molecule has 0 bridgehead atoms. The lowest BCUT2D eigenvalue weighted by atomic mass is 9.43. The highest BCUT2D eigenvalue weighted by molar-refractivity contribution is 7.93. The van der Waals surface area contributed by atoms with Crippen LogP contribution in [0.4, 0.5) is 0 Å². The number of amides is 1. The summed E-state index contributed by atoms with van der Waals surface area (Å²) in [4.78, 5) is 20.4. The largest absolute Gasteiger partial charge is 0.393 e. The summed E-state index contributed by atoms with van der Waals surface area (Å²) in [5.74, 6) is 4.77. The Morgan fingerprint density at radius 3 is 2.27 bits per heavy atom. The Bertz CT molecular complexity index is 990. The Morgan fingerprint density at radius 1 is 1.10 bits per heavy atom. The first-order valence-corrected chi connectivity index (χ1v) is 20.4. The smallest absolute Gasteiger partial charge is 0.208 e. The Balaban J connectivity index is 0.000000978. The summed E-state index contributed by atoms with van der Waals surface area (Å²) in [6.45, 7) is 15.1. The second-order valence-corrected chi connectivity index (χ2v) is 15.1. The van der Waals surface area contributed by atoms with Crippen LogP contribution >= 0.6 is 12.0 Å². The van der Waals surface area contributed by atoms with E-state index in [4.69, 9.17) is 16.3 Å². The lowest BCUT2D eigenvalue weighted by Crippen LogP contribution is -2.62. The van der Waals surface area contributed by atoms with Crippen molar-refractivity contribution in [3.63, 3.8) is 0 Å². The van der Waals surface area contributed by atoms with Gasteiger partial charge >= 0.3 is 0 Å². The molecule has 4 rings (SSSR count). The van der Waals surface area contributed by atoms with Crippen LogP contribution in [0.5, 0.6) is 0 Å². The molecule has 0 heterocycles. The maximum Gasteiger partial charge on any atom is 0.208 e. The van der Waals surface area contributed by atoms with Crippen LogP contribution < -0.4 is 16.4 Å². The van der Waals surface area contributed by atoms with E-state index >= 15 is 0 Å². The van der Waals surface area contributed by atoms with Gasteiger partial charge in [0.1, 0.15) is 6.29 Å². The normalized spacial score (nSPS) is 34.3. The number of ether oxygens (including phenoxy) is 1. The SMILES string of the molecule is C#CCC(NC)NC=O.CC.CC(CC/C=C/C=O)C1CCC2C3C(O)CC4CC(O)CCC4(C)C3CC(O)C12C.CCOSC.COCCN. The summed E-state index contributed by atoms with van der Waals surface area (Å²) >= 11 is 1.40. The van der Waals surface area contributed by atoms with Gasteiger partial charge in [-0.05, 0) is 136 Å². The number of aliphatic hydroxyl groups excluding tert-OH is 3. The van der Waals surface area contributed by atoms with E-state index in [1.807, 2.05) is 33.1 Å². The third-order valence-electron chi connectivity index (χ3n) is 12.0. The van der Waals surface area contributed by atoms with E-state index in [0.29, 0.717) is 55.6 Å². The molecule has 12 unspecified atom stereocenters. The van der Waals surface area contributed by atoms with Crippen molar-refractivity contribution >= 4 is 24.7 Å². The van der Waals surface area contributed by atoms with Gasteiger partial charge in [-0.2, -0.15) is 0 Å². The molecule has 10 nitrogen and oxygen atoms in total. The van der Waals surface area contributed by atoms with Gasteiger partial charge in [0.2, 0.25) is 6.41 Å². The first-order valence-electron chi connectivity index (χ1n) is 19.2. The third kappa shape index (κ3) is 14.4. The number of aliphatic hydroxyl groups is 3. The van der Waals surface area contributed by atoms with Crippen molar-refractivity contribution in [1.29, 1.82) is 0 Å². The fraction of sp³-hybridized carbons (Fsp3) is 0.850. The molecule has 0 aromatic carbocycles. The number of fused-ring (bicyclic) bond motifs is 5. The highest BCUT2D eigenvalue weighted by atomic mass is 32.2. The van der Waals surface area contributed by atoms with Gasteiger partial charge in [0.05, 0.1) is 37.7 Å². The van der Waals surface area contributed by atoms with Crippen LogP contribution in [0.2, 0.25) is 0 Å². The number of carbonyl (C=O) groups is 2. The highest BCUT2D eigenvalue weighted by Gasteiger charge is 2.65. The Hall–Kier alpha value is -1.49. The maximum absolute atomic E-state index is 11.6. The van der Waals surface area contributed by atoms with E-state index in [9.17, 15) is 24.9 Å². The number of nitrogens with two attached hydrogens (primary N) is 1. The van der Waals surface area contributed by atoms with Crippen LogP contribution in [-0.4, -0.2) is 92.7 Å². The van der Waals surface area contributed by atoms with E-state index < -0.39 is 0 Å².